The molecule has 0 aromatic carbocycles. The zero-order valence-corrected chi connectivity index (χ0v) is 9.48. The number of thioether (sulfide) groups is 1. The number of hydrogen-bond donors (Lipinski definition) is 1. The van der Waals surface area contributed by atoms with Crippen LogP contribution in [-0.2, 0) is 4.79 Å². The van der Waals surface area contributed by atoms with Gasteiger partial charge < -0.3 is 4.90 Å². The largest absolute Gasteiger partial charge is 0.341 e. The SMILES string of the molecule is CC1CCCN(C(=O)[C@H]2CSCN2)C1. The molecule has 0 spiro atoms. The first-order chi connectivity index (χ1) is 6.77. The van der Waals surface area contributed by atoms with Gasteiger partial charge in [-0.1, -0.05) is 6.92 Å². The first kappa shape index (κ1) is 10.3. The first-order valence-electron chi connectivity index (χ1n) is 5.37. The molecule has 2 aliphatic heterocycles. The highest BCUT2D eigenvalue weighted by molar-refractivity contribution is 7.99. The Kier molecular flexibility index (Phi) is 3.34. The van der Waals surface area contributed by atoms with E-state index in [0.29, 0.717) is 11.8 Å². The molecule has 2 atom stereocenters. The second-order valence-electron chi connectivity index (χ2n) is 4.30. The molecule has 2 aliphatic rings. The first-order valence-corrected chi connectivity index (χ1v) is 6.53. The summed E-state index contributed by atoms with van der Waals surface area (Å²) in [6.07, 6.45) is 2.45. The molecule has 4 heteroatoms. The van der Waals surface area contributed by atoms with Gasteiger partial charge in [0, 0.05) is 24.7 Å². The number of carbonyl (C=O) groups is 1. The van der Waals surface area contributed by atoms with Crippen LogP contribution in [0.3, 0.4) is 0 Å². The monoisotopic (exact) mass is 214 g/mol. The van der Waals surface area contributed by atoms with Gasteiger partial charge in [-0.25, -0.2) is 0 Å². The van der Waals surface area contributed by atoms with Crippen LogP contribution in [0.5, 0.6) is 0 Å². The fourth-order valence-electron chi connectivity index (χ4n) is 2.16. The third-order valence-corrected chi connectivity index (χ3v) is 3.92. The summed E-state index contributed by atoms with van der Waals surface area (Å²) in [5, 5.41) is 3.24. The molecule has 0 bridgehead atoms. The van der Waals surface area contributed by atoms with Crippen molar-refractivity contribution >= 4 is 17.7 Å². The normalized spacial score (nSPS) is 33.4. The Bertz CT molecular complexity index is 216. The van der Waals surface area contributed by atoms with E-state index in [1.807, 2.05) is 16.7 Å². The molecular weight excluding hydrogens is 196 g/mol. The van der Waals surface area contributed by atoms with Gasteiger partial charge in [-0.15, -0.1) is 11.8 Å². The van der Waals surface area contributed by atoms with E-state index in [-0.39, 0.29) is 6.04 Å². The molecule has 3 nitrogen and oxygen atoms in total. The molecular formula is C10H18N2OS. The summed E-state index contributed by atoms with van der Waals surface area (Å²) in [5.41, 5.74) is 0. The Balaban J connectivity index is 1.89. The van der Waals surface area contributed by atoms with E-state index in [0.717, 1.165) is 24.7 Å². The van der Waals surface area contributed by atoms with E-state index in [2.05, 4.69) is 12.2 Å². The number of carbonyl (C=O) groups excluding carboxylic acids is 1. The Hall–Kier alpha value is -0.220. The topological polar surface area (TPSA) is 32.3 Å². The number of rotatable bonds is 1. The predicted molar refractivity (Wildman–Crippen MR) is 59.2 cm³/mol. The van der Waals surface area contributed by atoms with Gasteiger partial charge in [0.05, 0.1) is 6.04 Å². The summed E-state index contributed by atoms with van der Waals surface area (Å²) in [6, 6.07) is 0.0882. The maximum absolute atomic E-state index is 12.0. The van der Waals surface area contributed by atoms with Gasteiger partial charge in [-0.05, 0) is 18.8 Å². The lowest BCUT2D eigenvalue weighted by atomic mass is 10.00. The second-order valence-corrected chi connectivity index (χ2v) is 5.33. The summed E-state index contributed by atoms with van der Waals surface area (Å²) in [6.45, 7) is 4.16. The van der Waals surface area contributed by atoms with Crippen molar-refractivity contribution in [1.82, 2.24) is 10.2 Å². The molecule has 0 aromatic rings. The highest BCUT2D eigenvalue weighted by Gasteiger charge is 2.29. The standard InChI is InChI=1S/C10H18N2OS/c1-8-3-2-4-12(5-8)10(13)9-6-14-7-11-9/h8-9,11H,2-7H2,1H3/t8?,9-/m1/s1. The van der Waals surface area contributed by atoms with Crippen molar-refractivity contribution in [1.29, 1.82) is 0 Å². The van der Waals surface area contributed by atoms with Crippen molar-refractivity contribution in [2.45, 2.75) is 25.8 Å². The zero-order valence-electron chi connectivity index (χ0n) is 8.66. The van der Waals surface area contributed by atoms with E-state index in [9.17, 15) is 4.79 Å². The third-order valence-electron chi connectivity index (χ3n) is 2.98. The lowest BCUT2D eigenvalue weighted by Gasteiger charge is -2.32. The molecule has 0 radical (unpaired) electrons. The van der Waals surface area contributed by atoms with Crippen LogP contribution in [0, 0.1) is 5.92 Å². The summed E-state index contributed by atoms with van der Waals surface area (Å²) in [4.78, 5) is 14.0. The minimum Gasteiger partial charge on any atom is -0.341 e. The van der Waals surface area contributed by atoms with Gasteiger partial charge in [0.1, 0.15) is 0 Å². The molecule has 2 fully saturated rings. The van der Waals surface area contributed by atoms with Gasteiger partial charge in [0.25, 0.3) is 0 Å². The Morgan fingerprint density at radius 3 is 3.07 bits per heavy atom. The van der Waals surface area contributed by atoms with E-state index in [4.69, 9.17) is 0 Å². The molecule has 0 saturated carbocycles. The van der Waals surface area contributed by atoms with E-state index in [1.54, 1.807) is 0 Å². The number of nitrogens with zero attached hydrogens (tertiary/aromatic N) is 1. The molecule has 2 saturated heterocycles. The molecule has 2 rings (SSSR count). The van der Waals surface area contributed by atoms with E-state index >= 15 is 0 Å². The average Bonchev–Trinajstić information content (AvgIpc) is 2.69. The Morgan fingerprint density at radius 2 is 2.43 bits per heavy atom. The number of nitrogens with one attached hydrogen (secondary N) is 1. The van der Waals surface area contributed by atoms with Crippen LogP contribution in [0.25, 0.3) is 0 Å². The summed E-state index contributed by atoms with van der Waals surface area (Å²) in [7, 11) is 0. The van der Waals surface area contributed by atoms with Crippen molar-refractivity contribution in [2.75, 3.05) is 24.7 Å². The molecule has 0 aliphatic carbocycles. The van der Waals surface area contributed by atoms with Crippen molar-refractivity contribution < 1.29 is 4.79 Å². The molecule has 1 unspecified atom stereocenters. The lowest BCUT2D eigenvalue weighted by molar-refractivity contribution is -0.134. The quantitative estimate of drug-likeness (QED) is 0.704. The van der Waals surface area contributed by atoms with Gasteiger partial charge in [-0.2, -0.15) is 0 Å². The average molecular weight is 214 g/mol. The predicted octanol–water partition coefficient (Wildman–Crippen LogP) is 0.907. The number of piperidine rings is 1. The summed E-state index contributed by atoms with van der Waals surface area (Å²) < 4.78 is 0. The van der Waals surface area contributed by atoms with Crippen LogP contribution in [0.1, 0.15) is 19.8 Å². The Labute approximate surface area is 89.6 Å². The fourth-order valence-corrected chi connectivity index (χ4v) is 3.10. The Morgan fingerprint density at radius 1 is 1.57 bits per heavy atom. The number of hydrogen-bond acceptors (Lipinski definition) is 3. The minimum absolute atomic E-state index is 0.0882. The second kappa shape index (κ2) is 4.53. The maximum Gasteiger partial charge on any atom is 0.240 e. The minimum atomic E-state index is 0.0882. The van der Waals surface area contributed by atoms with Crippen LogP contribution in [-0.4, -0.2) is 41.6 Å². The van der Waals surface area contributed by atoms with Crippen LogP contribution in [0.15, 0.2) is 0 Å². The van der Waals surface area contributed by atoms with Crippen molar-refractivity contribution in [2.24, 2.45) is 5.92 Å². The number of likely N-dealkylation sites (tertiary alicyclic amines) is 1. The zero-order chi connectivity index (χ0) is 9.97. The van der Waals surface area contributed by atoms with Gasteiger partial charge >= 0.3 is 0 Å². The van der Waals surface area contributed by atoms with Crippen molar-refractivity contribution in [3.05, 3.63) is 0 Å². The number of amides is 1. The van der Waals surface area contributed by atoms with Crippen LogP contribution in [0.2, 0.25) is 0 Å². The molecule has 80 valence electrons. The van der Waals surface area contributed by atoms with Crippen LogP contribution < -0.4 is 5.32 Å². The maximum atomic E-state index is 12.0. The smallest absolute Gasteiger partial charge is 0.240 e. The molecule has 1 amide bonds. The molecule has 14 heavy (non-hydrogen) atoms. The fraction of sp³-hybridized carbons (Fsp3) is 0.900. The molecule has 2 heterocycles. The van der Waals surface area contributed by atoms with Gasteiger partial charge in [0.2, 0.25) is 5.91 Å². The van der Waals surface area contributed by atoms with Crippen molar-refractivity contribution in [3.8, 4) is 0 Å². The van der Waals surface area contributed by atoms with E-state index in [1.165, 1.54) is 12.8 Å². The highest BCUT2D eigenvalue weighted by Crippen LogP contribution is 2.18. The molecule has 0 aromatic heterocycles. The molecule has 1 N–H and O–H groups in total. The highest BCUT2D eigenvalue weighted by atomic mass is 32.2. The van der Waals surface area contributed by atoms with Gasteiger partial charge in [0.15, 0.2) is 0 Å². The van der Waals surface area contributed by atoms with E-state index < -0.39 is 0 Å². The lowest BCUT2D eigenvalue weighted by Crippen LogP contribution is -2.48. The summed E-state index contributed by atoms with van der Waals surface area (Å²) in [5.74, 6) is 2.88. The summed E-state index contributed by atoms with van der Waals surface area (Å²) >= 11 is 1.82. The van der Waals surface area contributed by atoms with Gasteiger partial charge in [-0.3, -0.25) is 10.1 Å². The van der Waals surface area contributed by atoms with Crippen LogP contribution in [0.4, 0.5) is 0 Å². The third kappa shape index (κ3) is 2.23. The van der Waals surface area contributed by atoms with Crippen LogP contribution >= 0.6 is 11.8 Å². The van der Waals surface area contributed by atoms with Crippen molar-refractivity contribution in [3.63, 3.8) is 0 Å².